The largest absolute Gasteiger partial charge is 0.444 e. The van der Waals surface area contributed by atoms with Crippen molar-refractivity contribution in [1.29, 1.82) is 0 Å². The highest BCUT2D eigenvalue weighted by molar-refractivity contribution is 14.1. The predicted molar refractivity (Wildman–Crippen MR) is 80.9 cm³/mol. The van der Waals surface area contributed by atoms with Crippen LogP contribution in [0.5, 0.6) is 0 Å². The fourth-order valence-electron chi connectivity index (χ4n) is 1.70. The van der Waals surface area contributed by atoms with Crippen molar-refractivity contribution in [3.8, 4) is 0 Å². The molecule has 1 N–H and O–H groups in total. The van der Waals surface area contributed by atoms with E-state index in [-0.39, 0.29) is 5.91 Å². The number of hydrogen-bond acceptors (Lipinski definition) is 3. The molecular formula is C14H15IN2O2. The number of aryl methyl sites for hydroxylation is 1. The molecule has 0 saturated heterocycles. The zero-order valence-corrected chi connectivity index (χ0v) is 13.0. The van der Waals surface area contributed by atoms with Crippen LogP contribution >= 0.6 is 22.6 Å². The molecule has 1 heterocycles. The average Bonchev–Trinajstić information content (AvgIpc) is 2.87. The van der Waals surface area contributed by atoms with Crippen molar-refractivity contribution in [1.82, 2.24) is 10.3 Å². The highest BCUT2D eigenvalue weighted by Crippen LogP contribution is 2.15. The van der Waals surface area contributed by atoms with Gasteiger partial charge >= 0.3 is 0 Å². The number of benzene rings is 1. The minimum absolute atomic E-state index is 0.104. The number of nitrogens with one attached hydrogen (secondary N) is 1. The summed E-state index contributed by atoms with van der Waals surface area (Å²) >= 11 is 2.22. The first-order valence-electron chi connectivity index (χ1n) is 6.08. The van der Waals surface area contributed by atoms with Crippen LogP contribution in [0.1, 0.15) is 34.5 Å². The minimum atomic E-state index is -0.104. The summed E-state index contributed by atoms with van der Waals surface area (Å²) in [6.45, 7) is 4.25. The van der Waals surface area contributed by atoms with E-state index in [9.17, 15) is 4.79 Å². The number of aromatic nitrogens is 1. The van der Waals surface area contributed by atoms with E-state index in [1.54, 1.807) is 6.20 Å². The van der Waals surface area contributed by atoms with Gasteiger partial charge in [0.15, 0.2) is 0 Å². The summed E-state index contributed by atoms with van der Waals surface area (Å²) < 4.78 is 6.52. The molecule has 0 atom stereocenters. The van der Waals surface area contributed by atoms with Gasteiger partial charge < -0.3 is 9.73 Å². The van der Waals surface area contributed by atoms with Crippen LogP contribution in [0, 0.1) is 10.5 Å². The summed E-state index contributed by atoms with van der Waals surface area (Å²) in [5.41, 5.74) is 1.68. The van der Waals surface area contributed by atoms with Gasteiger partial charge in [-0.2, -0.15) is 0 Å². The van der Waals surface area contributed by atoms with Gasteiger partial charge in [0, 0.05) is 15.6 Å². The van der Waals surface area contributed by atoms with E-state index in [4.69, 9.17) is 4.42 Å². The van der Waals surface area contributed by atoms with Crippen LogP contribution in [0.15, 0.2) is 28.8 Å². The second-order valence-corrected chi connectivity index (χ2v) is 5.33. The van der Waals surface area contributed by atoms with Crippen molar-refractivity contribution in [2.75, 3.05) is 0 Å². The van der Waals surface area contributed by atoms with Crippen LogP contribution in [0.3, 0.4) is 0 Å². The van der Waals surface area contributed by atoms with Gasteiger partial charge in [-0.1, -0.05) is 13.0 Å². The summed E-state index contributed by atoms with van der Waals surface area (Å²) in [7, 11) is 0. The number of oxazole rings is 1. The summed E-state index contributed by atoms with van der Waals surface area (Å²) in [6.07, 6.45) is 2.50. The standard InChI is InChI=1S/C14H15IN2O2/c1-3-10-7-16-13(19-10)8-17-14(18)11-5-4-6-12(15)9(11)2/h4-7H,3,8H2,1-2H3,(H,17,18). The Balaban J connectivity index is 2.03. The molecule has 0 aliphatic heterocycles. The van der Waals surface area contributed by atoms with Gasteiger partial charge in [0.25, 0.3) is 5.91 Å². The van der Waals surface area contributed by atoms with E-state index in [1.165, 1.54) is 0 Å². The highest BCUT2D eigenvalue weighted by Gasteiger charge is 2.11. The molecule has 0 bridgehead atoms. The summed E-state index contributed by atoms with van der Waals surface area (Å²) in [4.78, 5) is 16.2. The van der Waals surface area contributed by atoms with Gasteiger partial charge in [-0.25, -0.2) is 4.98 Å². The lowest BCUT2D eigenvalue weighted by Gasteiger charge is -2.07. The van der Waals surface area contributed by atoms with Crippen molar-refractivity contribution in [3.05, 3.63) is 50.7 Å². The smallest absolute Gasteiger partial charge is 0.252 e. The topological polar surface area (TPSA) is 55.1 Å². The van der Waals surface area contributed by atoms with Crippen LogP contribution in [0.25, 0.3) is 0 Å². The molecule has 2 aromatic rings. The lowest BCUT2D eigenvalue weighted by Crippen LogP contribution is -2.24. The quantitative estimate of drug-likeness (QED) is 0.842. The Morgan fingerprint density at radius 3 is 2.95 bits per heavy atom. The third-order valence-corrected chi connectivity index (χ3v) is 4.03. The fraction of sp³-hybridized carbons (Fsp3) is 0.286. The predicted octanol–water partition coefficient (Wildman–Crippen LogP) is 3.08. The lowest BCUT2D eigenvalue weighted by atomic mass is 10.1. The Morgan fingerprint density at radius 2 is 2.26 bits per heavy atom. The van der Waals surface area contributed by atoms with Crippen LogP contribution in [0.4, 0.5) is 0 Å². The van der Waals surface area contributed by atoms with Gasteiger partial charge in [0.2, 0.25) is 5.89 Å². The average molecular weight is 370 g/mol. The maximum absolute atomic E-state index is 12.1. The number of carbonyl (C=O) groups excluding carboxylic acids is 1. The van der Waals surface area contributed by atoms with Crippen LogP contribution < -0.4 is 5.32 Å². The van der Waals surface area contributed by atoms with Crippen molar-refractivity contribution in [2.24, 2.45) is 0 Å². The number of amides is 1. The number of halogens is 1. The molecule has 0 fully saturated rings. The molecule has 1 aromatic heterocycles. The van der Waals surface area contributed by atoms with Gasteiger partial charge in [-0.15, -0.1) is 0 Å². The number of nitrogens with zero attached hydrogens (tertiary/aromatic N) is 1. The second-order valence-electron chi connectivity index (χ2n) is 4.17. The van der Waals surface area contributed by atoms with Gasteiger partial charge in [-0.3, -0.25) is 4.79 Å². The van der Waals surface area contributed by atoms with Gasteiger partial charge in [0.05, 0.1) is 12.7 Å². The second kappa shape index (κ2) is 6.18. The molecule has 100 valence electrons. The maximum atomic E-state index is 12.1. The summed E-state index contributed by atoms with van der Waals surface area (Å²) in [5.74, 6) is 1.26. The third-order valence-electron chi connectivity index (χ3n) is 2.86. The molecule has 0 unspecified atom stereocenters. The van der Waals surface area contributed by atoms with Crippen molar-refractivity contribution in [2.45, 2.75) is 26.8 Å². The normalized spacial score (nSPS) is 10.5. The number of carbonyl (C=O) groups is 1. The number of rotatable bonds is 4. The summed E-state index contributed by atoms with van der Waals surface area (Å²) in [6, 6.07) is 5.68. The number of hydrogen-bond donors (Lipinski definition) is 1. The first-order valence-corrected chi connectivity index (χ1v) is 7.16. The molecule has 19 heavy (non-hydrogen) atoms. The molecule has 1 amide bonds. The Labute approximate surface area is 125 Å². The first-order chi connectivity index (χ1) is 9.11. The molecule has 0 spiro atoms. The van der Waals surface area contributed by atoms with E-state index in [1.807, 2.05) is 32.0 Å². The molecule has 1 aromatic carbocycles. The molecule has 5 heteroatoms. The van der Waals surface area contributed by atoms with E-state index in [0.29, 0.717) is 18.0 Å². The van der Waals surface area contributed by atoms with Gasteiger partial charge in [0.1, 0.15) is 5.76 Å². The molecule has 0 radical (unpaired) electrons. The van der Waals surface area contributed by atoms with Crippen molar-refractivity contribution < 1.29 is 9.21 Å². The SMILES string of the molecule is CCc1cnc(CNC(=O)c2cccc(I)c2C)o1. The maximum Gasteiger partial charge on any atom is 0.252 e. The van der Waals surface area contributed by atoms with Crippen LogP contribution in [-0.4, -0.2) is 10.9 Å². The zero-order valence-electron chi connectivity index (χ0n) is 10.9. The summed E-state index contributed by atoms with van der Waals surface area (Å²) in [5, 5.41) is 2.82. The Hall–Kier alpha value is -1.37. The Morgan fingerprint density at radius 1 is 1.47 bits per heavy atom. The van der Waals surface area contributed by atoms with Crippen molar-refractivity contribution in [3.63, 3.8) is 0 Å². The minimum Gasteiger partial charge on any atom is -0.444 e. The molecule has 0 aliphatic rings. The Bertz CT molecular complexity index is 593. The van der Waals surface area contributed by atoms with E-state index < -0.39 is 0 Å². The van der Waals surface area contributed by atoms with E-state index in [2.05, 4.69) is 32.9 Å². The fourth-order valence-corrected chi connectivity index (χ4v) is 2.20. The molecule has 0 aliphatic carbocycles. The van der Waals surface area contributed by atoms with Crippen molar-refractivity contribution >= 4 is 28.5 Å². The molecular weight excluding hydrogens is 355 g/mol. The van der Waals surface area contributed by atoms with Crippen LogP contribution in [0.2, 0.25) is 0 Å². The first kappa shape index (κ1) is 14.0. The monoisotopic (exact) mass is 370 g/mol. The van der Waals surface area contributed by atoms with E-state index >= 15 is 0 Å². The van der Waals surface area contributed by atoms with Crippen LogP contribution in [-0.2, 0) is 13.0 Å². The third kappa shape index (κ3) is 3.34. The van der Waals surface area contributed by atoms with Gasteiger partial charge in [-0.05, 0) is 47.2 Å². The molecule has 2 rings (SSSR count). The zero-order chi connectivity index (χ0) is 13.8. The Kier molecular flexibility index (Phi) is 4.57. The lowest BCUT2D eigenvalue weighted by molar-refractivity contribution is 0.0946. The van der Waals surface area contributed by atoms with E-state index in [0.717, 1.165) is 21.3 Å². The molecule has 0 saturated carbocycles. The highest BCUT2D eigenvalue weighted by atomic mass is 127. The molecule has 4 nitrogen and oxygen atoms in total.